The molecule has 21 N–H and O–H groups in total. The SMILES string of the molecule is CCCCCCCCCC(=O)N[C@@H](CC(C)C)C(=O)N[C@H](C(=O)N1CCC[C@H]1C(=O)N[C@H](C(=O)N[C@@H](C)C(=O)N[C@@H](CC(=O)O)C(=O)N[C@@H](C)C(=O)N[C@@H](C)C(=O)N[C@@H](CO)C(=O)N[C@@H](CCCCN)C(=O)N[C@H](C(=O)N[C@@H](CC(=O)O)C(=O)N[C@@H](CC(=O)O)C(=O)O)[C@@H](C)CC)[C@@H](C)O)[C@@H](C)O. The van der Waals surface area contributed by atoms with Crippen LogP contribution in [0.5, 0.6) is 0 Å². The zero-order valence-electron chi connectivity index (χ0n) is 60.3. The minimum absolute atomic E-state index is 0.0239. The van der Waals surface area contributed by atoms with E-state index in [1.54, 1.807) is 6.92 Å². The molecular formula is C65H110N14O24. The number of amides is 13. The van der Waals surface area contributed by atoms with E-state index in [0.717, 1.165) is 71.1 Å². The van der Waals surface area contributed by atoms with Gasteiger partial charge in [-0.05, 0) is 97.9 Å². The summed E-state index contributed by atoms with van der Waals surface area (Å²) in [6.45, 7) is 13.6. The number of carboxylic acid groups (broad SMARTS) is 4. The summed E-state index contributed by atoms with van der Waals surface area (Å²) < 4.78 is 0. The molecule has 1 fully saturated rings. The third-order valence-electron chi connectivity index (χ3n) is 16.8. The Balaban J connectivity index is 3.15. The van der Waals surface area contributed by atoms with E-state index in [-0.39, 0.29) is 69.9 Å². The first kappa shape index (κ1) is 91.8. The first-order valence-electron chi connectivity index (χ1n) is 34.7. The van der Waals surface area contributed by atoms with Crippen molar-refractivity contribution in [2.45, 2.75) is 276 Å². The number of likely N-dealkylation sites (tertiary alicyclic amines) is 1. The fourth-order valence-electron chi connectivity index (χ4n) is 10.6. The van der Waals surface area contributed by atoms with E-state index in [0.29, 0.717) is 12.8 Å². The minimum atomic E-state index is -2.03. The van der Waals surface area contributed by atoms with Gasteiger partial charge in [0.2, 0.25) is 76.8 Å². The van der Waals surface area contributed by atoms with E-state index in [1.807, 2.05) is 19.2 Å². The minimum Gasteiger partial charge on any atom is -0.481 e. The number of hydrogen-bond donors (Lipinski definition) is 20. The van der Waals surface area contributed by atoms with Gasteiger partial charge in [-0.3, -0.25) is 76.7 Å². The largest absolute Gasteiger partial charge is 0.481 e. The third-order valence-corrected chi connectivity index (χ3v) is 16.8. The molecule has 38 heteroatoms. The summed E-state index contributed by atoms with van der Waals surface area (Å²) >= 11 is 0. The zero-order chi connectivity index (χ0) is 78.5. The quantitative estimate of drug-likeness (QED) is 0.0255. The predicted molar refractivity (Wildman–Crippen MR) is 364 cm³/mol. The summed E-state index contributed by atoms with van der Waals surface area (Å²) in [5.74, 6) is -21.0. The number of nitrogens with two attached hydrogens (primary N) is 1. The van der Waals surface area contributed by atoms with Gasteiger partial charge in [-0.15, -0.1) is 0 Å². The van der Waals surface area contributed by atoms with Crippen LogP contribution in [-0.4, -0.2) is 252 Å². The molecule has 0 aromatic rings. The van der Waals surface area contributed by atoms with Gasteiger partial charge in [0, 0.05) is 13.0 Å². The molecular weight excluding hydrogens is 1360 g/mol. The molecule has 0 aromatic heterocycles. The van der Waals surface area contributed by atoms with Gasteiger partial charge in [-0.1, -0.05) is 79.6 Å². The molecule has 16 atom stereocenters. The number of carbonyl (C=O) groups excluding carboxylic acids is 13. The van der Waals surface area contributed by atoms with Crippen molar-refractivity contribution in [3.63, 3.8) is 0 Å². The average Bonchev–Trinajstić information content (AvgIpc) is 1.74. The number of rotatable bonds is 50. The van der Waals surface area contributed by atoms with Crippen molar-refractivity contribution >= 4 is 101 Å². The summed E-state index contributed by atoms with van der Waals surface area (Å²) in [4.78, 5) is 224. The van der Waals surface area contributed by atoms with Gasteiger partial charge >= 0.3 is 23.9 Å². The number of aliphatic hydroxyl groups excluding tert-OH is 3. The highest BCUT2D eigenvalue weighted by atomic mass is 16.4. The van der Waals surface area contributed by atoms with Crippen LogP contribution in [0.2, 0.25) is 0 Å². The Morgan fingerprint density at radius 1 is 0.437 bits per heavy atom. The number of unbranched alkanes of at least 4 members (excludes halogenated alkanes) is 7. The molecule has 103 heavy (non-hydrogen) atoms. The van der Waals surface area contributed by atoms with Gasteiger partial charge in [0.25, 0.3) is 0 Å². The number of aliphatic hydroxyl groups is 3. The van der Waals surface area contributed by atoms with Crippen molar-refractivity contribution in [3.05, 3.63) is 0 Å². The number of carboxylic acids is 4. The molecule has 0 aromatic carbocycles. The molecule has 0 radical (unpaired) electrons. The van der Waals surface area contributed by atoms with E-state index in [1.165, 1.54) is 13.8 Å². The monoisotopic (exact) mass is 1470 g/mol. The van der Waals surface area contributed by atoms with Crippen molar-refractivity contribution in [2.24, 2.45) is 17.6 Å². The highest BCUT2D eigenvalue weighted by molar-refractivity contribution is 6.01. The van der Waals surface area contributed by atoms with Crippen LogP contribution < -0.4 is 69.5 Å². The fraction of sp³-hybridized carbons (Fsp3) is 0.738. The maximum atomic E-state index is 14.1. The molecule has 13 amide bonds. The van der Waals surface area contributed by atoms with Crippen LogP contribution in [0.25, 0.3) is 0 Å². The van der Waals surface area contributed by atoms with E-state index < -0.39 is 217 Å². The molecule has 1 aliphatic rings. The lowest BCUT2D eigenvalue weighted by Gasteiger charge is -2.32. The topological polar surface area (TPSA) is 605 Å². The molecule has 584 valence electrons. The van der Waals surface area contributed by atoms with Gasteiger partial charge in [-0.25, -0.2) is 4.79 Å². The van der Waals surface area contributed by atoms with Crippen molar-refractivity contribution in [1.29, 1.82) is 0 Å². The number of carbonyl (C=O) groups is 17. The summed E-state index contributed by atoms with van der Waals surface area (Å²) in [6, 6.07) is -21.4. The van der Waals surface area contributed by atoms with Gasteiger partial charge in [0.05, 0.1) is 38.1 Å². The Labute approximate surface area is 597 Å². The predicted octanol–water partition coefficient (Wildman–Crippen LogP) is -4.52. The molecule has 1 saturated heterocycles. The maximum absolute atomic E-state index is 14.1. The molecule has 0 bridgehead atoms. The summed E-state index contributed by atoms with van der Waals surface area (Å²) in [7, 11) is 0. The lowest BCUT2D eigenvalue weighted by atomic mass is 9.96. The van der Waals surface area contributed by atoms with Crippen LogP contribution in [0.3, 0.4) is 0 Å². The highest BCUT2D eigenvalue weighted by Gasteiger charge is 2.43. The second kappa shape index (κ2) is 47.2. The van der Waals surface area contributed by atoms with E-state index >= 15 is 0 Å². The molecule has 1 rings (SSSR count). The van der Waals surface area contributed by atoms with Gasteiger partial charge in [0.1, 0.15) is 78.5 Å². The zero-order valence-corrected chi connectivity index (χ0v) is 60.3. The molecule has 0 saturated carbocycles. The number of hydrogen-bond acceptors (Lipinski definition) is 21. The summed E-state index contributed by atoms with van der Waals surface area (Å²) in [6.07, 6.45) is 1.55. The summed E-state index contributed by atoms with van der Waals surface area (Å²) in [5.41, 5.74) is 5.64. The Hall–Kier alpha value is -9.17. The van der Waals surface area contributed by atoms with Crippen molar-refractivity contribution < 1.29 is 117 Å². The number of nitrogens with zero attached hydrogens (tertiary/aromatic N) is 1. The van der Waals surface area contributed by atoms with E-state index in [2.05, 4.69) is 65.4 Å². The number of nitrogens with one attached hydrogen (secondary N) is 12. The van der Waals surface area contributed by atoms with Gasteiger partial charge in [-0.2, -0.15) is 0 Å². The molecule has 38 nitrogen and oxygen atoms in total. The third kappa shape index (κ3) is 33.7. The van der Waals surface area contributed by atoms with Gasteiger partial charge in [0.15, 0.2) is 0 Å². The average molecular weight is 1470 g/mol. The van der Waals surface area contributed by atoms with Crippen LogP contribution >= 0.6 is 0 Å². The second-order valence-corrected chi connectivity index (χ2v) is 26.2. The normalized spacial score (nSPS) is 17.0. The molecule has 1 heterocycles. The smallest absolute Gasteiger partial charge is 0.326 e. The Morgan fingerprint density at radius 2 is 0.854 bits per heavy atom. The maximum Gasteiger partial charge on any atom is 0.326 e. The lowest BCUT2D eigenvalue weighted by Crippen LogP contribution is -2.62. The van der Waals surface area contributed by atoms with Crippen LogP contribution in [0.4, 0.5) is 0 Å². The second-order valence-electron chi connectivity index (χ2n) is 26.2. The van der Waals surface area contributed by atoms with Crippen LogP contribution in [-0.2, 0) is 81.5 Å². The first-order valence-corrected chi connectivity index (χ1v) is 34.7. The Kier molecular flexibility index (Phi) is 42.1. The van der Waals surface area contributed by atoms with Crippen LogP contribution in [0.15, 0.2) is 0 Å². The van der Waals surface area contributed by atoms with E-state index in [4.69, 9.17) is 10.8 Å². The fourth-order valence-corrected chi connectivity index (χ4v) is 10.6. The van der Waals surface area contributed by atoms with Crippen molar-refractivity contribution in [1.82, 2.24) is 68.7 Å². The standard InChI is InChI=1S/C65H110N14O24/c1-11-13-14-15-16-17-18-24-46(83)70-40(27-32(3)4)59(96)78-52(38(10)82)64(101)79-26-21-23-45(79)61(98)77-51(37(9)81)63(100)69-36(8)54(91)72-41(28-47(84)85)57(94)68-34(6)53(90)67-35(7)55(92)75-44(31-80)60(97)71-39(22-19-20-25-66)56(93)76-50(33(5)12-2)62(99)73-42(29-48(86)87)58(95)74-43(65(102)103)30-49(88)89/h32-45,50-52,80-82H,11-31,66H2,1-10H3,(H,67,90)(H,68,94)(H,69,100)(H,70,83)(H,71,97)(H,72,91)(H,73,99)(H,74,95)(H,75,92)(H,76,93)(H,77,98)(H,78,96)(H,84,85)(H,86,87)(H,88,89)(H,102,103)/t33-,34-,35-,36-,37+,38+,39-,40-,41-,42-,43-,44-,45-,50-,51-,52-/m0/s1. The van der Waals surface area contributed by atoms with Crippen molar-refractivity contribution in [2.75, 3.05) is 19.7 Å². The molecule has 1 aliphatic heterocycles. The summed E-state index contributed by atoms with van der Waals surface area (Å²) in [5, 5.41) is 97.0. The lowest BCUT2D eigenvalue weighted by molar-refractivity contribution is -0.148. The van der Waals surface area contributed by atoms with Crippen LogP contribution in [0, 0.1) is 11.8 Å². The Morgan fingerprint density at radius 3 is 1.35 bits per heavy atom. The molecule has 0 aliphatic carbocycles. The Bertz CT molecular complexity index is 2920. The van der Waals surface area contributed by atoms with Crippen LogP contribution in [0.1, 0.15) is 185 Å². The number of aliphatic carboxylic acids is 4. The highest BCUT2D eigenvalue weighted by Crippen LogP contribution is 2.21. The molecule has 0 spiro atoms. The van der Waals surface area contributed by atoms with E-state index in [9.17, 15) is 112 Å². The molecule has 0 unspecified atom stereocenters. The van der Waals surface area contributed by atoms with Crippen molar-refractivity contribution in [3.8, 4) is 0 Å². The first-order chi connectivity index (χ1) is 48.2. The van der Waals surface area contributed by atoms with Gasteiger partial charge < -0.3 is 110 Å².